The van der Waals surface area contributed by atoms with Crippen LogP contribution in [0.4, 0.5) is 10.8 Å². The minimum atomic E-state index is -0.134. The zero-order valence-corrected chi connectivity index (χ0v) is 19.1. The zero-order chi connectivity index (χ0) is 18.4. The summed E-state index contributed by atoms with van der Waals surface area (Å²) >= 11 is 1.34. The third-order valence-electron chi connectivity index (χ3n) is 3.72. The van der Waals surface area contributed by atoms with Gasteiger partial charge in [0.1, 0.15) is 4.88 Å². The van der Waals surface area contributed by atoms with Gasteiger partial charge < -0.3 is 17.1 Å². The summed E-state index contributed by atoms with van der Waals surface area (Å²) in [5.41, 5.74) is 3.65. The van der Waals surface area contributed by atoms with E-state index in [0.29, 0.717) is 15.7 Å². The minimum absolute atomic E-state index is 0. The molecule has 1 aliphatic rings. The van der Waals surface area contributed by atoms with E-state index in [1.54, 1.807) is 7.05 Å². The number of carbonyl (C=O) groups excluding carboxylic acids is 1. The van der Waals surface area contributed by atoms with E-state index in [0.717, 1.165) is 16.8 Å². The third kappa shape index (κ3) is 6.23. The van der Waals surface area contributed by atoms with Crippen LogP contribution >= 0.6 is 11.3 Å². The van der Waals surface area contributed by atoms with E-state index in [1.165, 1.54) is 24.2 Å². The average molecular weight is 452 g/mol. The molecule has 1 aromatic heterocycles. The minimum Gasteiger partial charge on any atom is -0.385 e. The Kier molecular flexibility index (Phi) is 8.61. The number of aryl methyl sites for hydroxylation is 1. The van der Waals surface area contributed by atoms with E-state index >= 15 is 0 Å². The summed E-state index contributed by atoms with van der Waals surface area (Å²) in [6.45, 7) is 2.02. The molecule has 6 heteroatoms. The number of aromatic nitrogens is 1. The van der Waals surface area contributed by atoms with Crippen molar-refractivity contribution in [1.29, 1.82) is 0 Å². The van der Waals surface area contributed by atoms with Crippen molar-refractivity contribution in [3.63, 3.8) is 0 Å². The van der Waals surface area contributed by atoms with Crippen molar-refractivity contribution in [1.82, 2.24) is 10.3 Å². The molecule has 1 fully saturated rings. The molecule has 3 aromatic rings. The maximum absolute atomic E-state index is 12.2. The monoisotopic (exact) mass is 452 g/mol. The van der Waals surface area contributed by atoms with Gasteiger partial charge in [-0.2, -0.15) is 24.3 Å². The molecule has 0 saturated heterocycles. The van der Waals surface area contributed by atoms with Crippen LogP contribution < -0.4 is 10.6 Å². The van der Waals surface area contributed by atoms with E-state index in [1.807, 2.05) is 55.5 Å². The van der Waals surface area contributed by atoms with Crippen molar-refractivity contribution in [3.8, 4) is 11.3 Å². The molecule has 1 saturated carbocycles. The molecule has 1 radical (unpaired) electrons. The van der Waals surface area contributed by atoms with Crippen LogP contribution in [0.2, 0.25) is 0 Å². The SMILES string of the molecule is CNC(=O)c1sc(Nc2c[c-]ccc2C)nc1-c1ccccc1.[CH-]1CC1.[Y]. The summed E-state index contributed by atoms with van der Waals surface area (Å²) in [6.07, 6.45) is 5.00. The molecule has 27 heavy (non-hydrogen) atoms. The van der Waals surface area contributed by atoms with Crippen molar-refractivity contribution in [2.24, 2.45) is 0 Å². The second-order valence-electron chi connectivity index (χ2n) is 5.87. The molecule has 1 amide bonds. The van der Waals surface area contributed by atoms with Gasteiger partial charge in [0.2, 0.25) is 0 Å². The van der Waals surface area contributed by atoms with E-state index < -0.39 is 0 Å². The smallest absolute Gasteiger partial charge is 0.263 e. The Hall–Kier alpha value is -1.56. The van der Waals surface area contributed by atoms with E-state index in [2.05, 4.69) is 28.1 Å². The van der Waals surface area contributed by atoms with E-state index in [-0.39, 0.29) is 38.6 Å². The molecule has 0 unspecified atom stereocenters. The molecule has 0 spiro atoms. The predicted molar refractivity (Wildman–Crippen MR) is 108 cm³/mol. The Morgan fingerprint density at radius 2 is 1.93 bits per heavy atom. The van der Waals surface area contributed by atoms with Crippen LogP contribution in [0.25, 0.3) is 11.3 Å². The molecule has 4 nitrogen and oxygen atoms in total. The van der Waals surface area contributed by atoms with Gasteiger partial charge in [-0.3, -0.25) is 4.79 Å². The maximum atomic E-state index is 12.2. The van der Waals surface area contributed by atoms with Crippen LogP contribution in [0.3, 0.4) is 0 Å². The number of anilines is 2. The average Bonchev–Trinajstić information content (AvgIpc) is 3.50. The van der Waals surface area contributed by atoms with Crippen LogP contribution in [-0.2, 0) is 32.7 Å². The summed E-state index contributed by atoms with van der Waals surface area (Å²) < 4.78 is 0. The van der Waals surface area contributed by atoms with Gasteiger partial charge in [0.25, 0.3) is 5.91 Å². The number of hydrogen-bond acceptors (Lipinski definition) is 4. The first-order chi connectivity index (χ1) is 12.7. The molecule has 0 bridgehead atoms. The van der Waals surface area contributed by atoms with Crippen molar-refractivity contribution in [3.05, 3.63) is 71.5 Å². The Balaban J connectivity index is 0.000000595. The molecule has 137 valence electrons. The molecular weight excluding hydrogens is 431 g/mol. The van der Waals surface area contributed by atoms with E-state index in [9.17, 15) is 4.79 Å². The topological polar surface area (TPSA) is 54.0 Å². The van der Waals surface area contributed by atoms with Gasteiger partial charge in [-0.1, -0.05) is 54.3 Å². The molecule has 1 heterocycles. The maximum Gasteiger partial charge on any atom is 0.263 e. The fourth-order valence-electron chi connectivity index (χ4n) is 2.19. The summed E-state index contributed by atoms with van der Waals surface area (Å²) in [7, 11) is 1.63. The Bertz CT molecular complexity index is 875. The molecule has 1 aliphatic carbocycles. The quantitative estimate of drug-likeness (QED) is 0.548. The van der Waals surface area contributed by atoms with Crippen molar-refractivity contribution in [2.45, 2.75) is 19.8 Å². The van der Waals surface area contributed by atoms with Crippen LogP contribution in [0.5, 0.6) is 0 Å². The van der Waals surface area contributed by atoms with Crippen LogP contribution in [-0.4, -0.2) is 17.9 Å². The second-order valence-corrected chi connectivity index (χ2v) is 6.87. The largest absolute Gasteiger partial charge is 0.385 e. The fourth-order valence-corrected chi connectivity index (χ4v) is 3.14. The first-order valence-corrected chi connectivity index (χ1v) is 9.34. The number of nitrogens with zero attached hydrogens (tertiary/aromatic N) is 1. The standard InChI is InChI=1S/C18H16N3OS.C3H5.Y/c1-12-8-6-7-11-14(12)20-18-21-15(13-9-4-3-5-10-13)16(23-18)17(22)19-2;1-2-3-1;/h3-6,8-11H,1-2H3,(H,19,22)(H,20,21);1H,2-3H2;/q2*-1;. The first-order valence-electron chi connectivity index (χ1n) is 8.52. The van der Waals surface area contributed by atoms with Gasteiger partial charge in [-0.25, -0.2) is 17.8 Å². The van der Waals surface area contributed by atoms with Crippen LogP contribution in [0.1, 0.15) is 28.1 Å². The molecule has 0 aliphatic heterocycles. The Morgan fingerprint density at radius 3 is 2.52 bits per heavy atom. The predicted octanol–water partition coefficient (Wildman–Crippen LogP) is 5.00. The van der Waals surface area contributed by atoms with E-state index in [4.69, 9.17) is 0 Å². The summed E-state index contributed by atoms with van der Waals surface area (Å²) in [5, 5.41) is 6.64. The van der Waals surface area contributed by atoms with Gasteiger partial charge in [0.05, 0.1) is 5.69 Å². The number of amides is 1. The second kappa shape index (κ2) is 10.7. The van der Waals surface area contributed by atoms with Gasteiger partial charge in [0.15, 0.2) is 5.13 Å². The van der Waals surface area contributed by atoms with Gasteiger partial charge >= 0.3 is 0 Å². The third-order valence-corrected chi connectivity index (χ3v) is 4.69. The summed E-state index contributed by atoms with van der Waals surface area (Å²) in [4.78, 5) is 17.4. The number of thiazole rings is 1. The summed E-state index contributed by atoms with van der Waals surface area (Å²) in [5.74, 6) is -0.134. The number of benzene rings is 2. The van der Waals surface area contributed by atoms with Gasteiger partial charge in [-0.05, 0) is 0 Å². The molecule has 2 N–H and O–H groups in total. The van der Waals surface area contributed by atoms with Crippen LogP contribution in [0.15, 0.2) is 48.5 Å². The molecule has 2 aromatic carbocycles. The first kappa shape index (κ1) is 21.7. The van der Waals surface area contributed by atoms with Crippen molar-refractivity contribution < 1.29 is 37.5 Å². The number of rotatable bonds is 4. The number of hydrogen-bond donors (Lipinski definition) is 2. The van der Waals surface area contributed by atoms with Crippen molar-refractivity contribution >= 4 is 28.1 Å². The molecular formula is C21H21N3OSY-2. The van der Waals surface area contributed by atoms with Crippen molar-refractivity contribution in [2.75, 3.05) is 12.4 Å². The van der Waals surface area contributed by atoms with Crippen LogP contribution in [0, 0.1) is 19.4 Å². The summed E-state index contributed by atoms with van der Waals surface area (Å²) in [6, 6.07) is 18.5. The number of carbonyl (C=O) groups is 1. The fraction of sp³-hybridized carbons (Fsp3) is 0.190. The Morgan fingerprint density at radius 1 is 1.22 bits per heavy atom. The number of nitrogens with one attached hydrogen (secondary N) is 2. The van der Waals surface area contributed by atoms with Gasteiger partial charge in [-0.15, -0.1) is 5.56 Å². The van der Waals surface area contributed by atoms with Gasteiger partial charge in [0, 0.05) is 45.3 Å². The normalized spacial score (nSPS) is 11.5. The molecule has 4 rings (SSSR count). The molecule has 0 atom stereocenters. The zero-order valence-electron chi connectivity index (χ0n) is 15.5. The Labute approximate surface area is 189 Å².